The average Bonchev–Trinajstić information content (AvgIpc) is 3.20. The molecule has 4 rings (SSSR count). The highest BCUT2D eigenvalue weighted by Gasteiger charge is 2.42. The van der Waals surface area contributed by atoms with Gasteiger partial charge in [0.1, 0.15) is 0 Å². The zero-order chi connectivity index (χ0) is 21.0. The van der Waals surface area contributed by atoms with Gasteiger partial charge in [0.2, 0.25) is 5.91 Å². The molecule has 8 nitrogen and oxygen atoms in total. The number of amides is 1. The zero-order valence-electron chi connectivity index (χ0n) is 16.9. The van der Waals surface area contributed by atoms with Crippen LogP contribution in [-0.4, -0.2) is 86.6 Å². The van der Waals surface area contributed by atoms with Crippen molar-refractivity contribution in [2.24, 2.45) is 4.99 Å². The van der Waals surface area contributed by atoms with E-state index in [9.17, 15) is 13.2 Å². The van der Waals surface area contributed by atoms with Crippen LogP contribution < -0.4 is 10.6 Å². The van der Waals surface area contributed by atoms with Crippen LogP contribution in [0.3, 0.4) is 0 Å². The molecular weight excluding hydrogens is 424 g/mol. The summed E-state index contributed by atoms with van der Waals surface area (Å²) >= 11 is 1.50. The Balaban J connectivity index is 1.17. The molecule has 0 aromatic heterocycles. The summed E-state index contributed by atoms with van der Waals surface area (Å²) in [5.74, 6) is 0.385. The molecule has 1 amide bonds. The minimum Gasteiger partial charge on any atom is -0.379 e. The van der Waals surface area contributed by atoms with E-state index in [1.54, 1.807) is 0 Å². The zero-order valence-corrected chi connectivity index (χ0v) is 18.5. The number of benzene rings is 1. The topological polar surface area (TPSA) is 100 Å². The molecule has 2 fully saturated rings. The Bertz CT molecular complexity index is 883. The summed E-state index contributed by atoms with van der Waals surface area (Å²) in [5.41, 5.74) is 1.84. The number of ether oxygens (including phenoxy) is 1. The quantitative estimate of drug-likeness (QED) is 0.589. The molecule has 3 aliphatic heterocycles. The Morgan fingerprint density at radius 3 is 2.70 bits per heavy atom. The molecule has 2 saturated heterocycles. The molecule has 1 aromatic rings. The molecule has 30 heavy (non-hydrogen) atoms. The number of carbonyl (C=O) groups is 1. The van der Waals surface area contributed by atoms with E-state index in [0.717, 1.165) is 55.7 Å². The number of carbonyl (C=O) groups excluding carboxylic acids is 1. The molecule has 1 aromatic carbocycles. The van der Waals surface area contributed by atoms with Gasteiger partial charge in [-0.3, -0.25) is 14.7 Å². The van der Waals surface area contributed by atoms with Gasteiger partial charge in [0.05, 0.1) is 37.2 Å². The highest BCUT2D eigenvalue weighted by Crippen LogP contribution is 2.34. The fourth-order valence-electron chi connectivity index (χ4n) is 3.85. The second-order valence-electron chi connectivity index (χ2n) is 7.89. The van der Waals surface area contributed by atoms with Gasteiger partial charge in [0, 0.05) is 30.6 Å². The number of hydrogen-bond acceptors (Lipinski definition) is 8. The van der Waals surface area contributed by atoms with Crippen molar-refractivity contribution < 1.29 is 17.9 Å². The van der Waals surface area contributed by atoms with Crippen LogP contribution in [0, 0.1) is 0 Å². The fraction of sp³-hybridized carbons (Fsp3) is 0.600. The molecule has 0 radical (unpaired) electrons. The van der Waals surface area contributed by atoms with Crippen molar-refractivity contribution in [2.45, 2.75) is 24.1 Å². The van der Waals surface area contributed by atoms with Crippen LogP contribution >= 0.6 is 11.8 Å². The highest BCUT2D eigenvalue weighted by atomic mass is 32.2. The lowest BCUT2D eigenvalue weighted by atomic mass is 10.1. The number of anilines is 1. The number of nitrogens with one attached hydrogen (secondary N) is 2. The van der Waals surface area contributed by atoms with Crippen LogP contribution in [0.2, 0.25) is 0 Å². The Labute approximate surface area is 181 Å². The summed E-state index contributed by atoms with van der Waals surface area (Å²) < 4.78 is 28.6. The third-order valence-electron chi connectivity index (χ3n) is 5.47. The summed E-state index contributed by atoms with van der Waals surface area (Å²) in [6, 6.07) is 7.58. The summed E-state index contributed by atoms with van der Waals surface area (Å²) in [7, 11) is -2.93. The predicted molar refractivity (Wildman–Crippen MR) is 120 cm³/mol. The Kier molecular flexibility index (Phi) is 6.97. The first-order chi connectivity index (χ1) is 14.5. The number of amidine groups is 1. The van der Waals surface area contributed by atoms with Crippen LogP contribution in [-0.2, 0) is 25.8 Å². The molecule has 10 heteroatoms. The van der Waals surface area contributed by atoms with Crippen molar-refractivity contribution in [1.82, 2.24) is 10.2 Å². The maximum atomic E-state index is 12.2. The van der Waals surface area contributed by atoms with E-state index in [1.165, 1.54) is 11.8 Å². The molecule has 3 heterocycles. The Hall–Kier alpha value is -1.62. The van der Waals surface area contributed by atoms with Crippen LogP contribution in [0.25, 0.3) is 0 Å². The number of sulfone groups is 1. The van der Waals surface area contributed by atoms with Crippen molar-refractivity contribution in [3.05, 3.63) is 29.8 Å². The average molecular weight is 453 g/mol. The fourth-order valence-corrected chi connectivity index (χ4v) is 7.52. The third-order valence-corrected chi connectivity index (χ3v) is 8.61. The van der Waals surface area contributed by atoms with Gasteiger partial charge in [0.15, 0.2) is 15.0 Å². The van der Waals surface area contributed by atoms with Gasteiger partial charge in [-0.05, 0) is 30.7 Å². The van der Waals surface area contributed by atoms with E-state index in [2.05, 4.69) is 20.5 Å². The molecule has 0 unspecified atom stereocenters. The van der Waals surface area contributed by atoms with Crippen molar-refractivity contribution in [3.8, 4) is 0 Å². The van der Waals surface area contributed by atoms with Crippen LogP contribution in [0.5, 0.6) is 0 Å². The molecular formula is C20H28N4O4S2. The van der Waals surface area contributed by atoms with E-state index in [-0.39, 0.29) is 28.7 Å². The van der Waals surface area contributed by atoms with Crippen LogP contribution in [0.1, 0.15) is 12.0 Å². The summed E-state index contributed by atoms with van der Waals surface area (Å²) in [4.78, 5) is 19.0. The van der Waals surface area contributed by atoms with Gasteiger partial charge >= 0.3 is 0 Å². The summed E-state index contributed by atoms with van der Waals surface area (Å²) in [6.07, 6.45) is 1.30. The van der Waals surface area contributed by atoms with E-state index in [4.69, 9.17) is 4.74 Å². The molecule has 164 valence electrons. The molecule has 0 bridgehead atoms. The highest BCUT2D eigenvalue weighted by molar-refractivity contribution is 8.15. The Morgan fingerprint density at radius 2 is 1.97 bits per heavy atom. The maximum absolute atomic E-state index is 12.2. The first kappa shape index (κ1) is 21.6. The number of aliphatic imine (C=N–C) groups is 1. The summed E-state index contributed by atoms with van der Waals surface area (Å²) in [5, 5.41) is 7.04. The predicted octanol–water partition coefficient (Wildman–Crippen LogP) is 0.748. The number of hydrogen-bond donors (Lipinski definition) is 2. The van der Waals surface area contributed by atoms with Gasteiger partial charge in [-0.15, -0.1) is 0 Å². The van der Waals surface area contributed by atoms with Crippen molar-refractivity contribution in [1.29, 1.82) is 0 Å². The lowest BCUT2D eigenvalue weighted by molar-refractivity contribution is -0.120. The van der Waals surface area contributed by atoms with Crippen molar-refractivity contribution in [2.75, 3.05) is 56.2 Å². The van der Waals surface area contributed by atoms with Gasteiger partial charge < -0.3 is 15.4 Å². The number of thioether (sulfide) groups is 1. The molecule has 0 saturated carbocycles. The van der Waals surface area contributed by atoms with E-state index >= 15 is 0 Å². The number of fused-ring (bicyclic) bond motifs is 1. The molecule has 0 spiro atoms. The third kappa shape index (κ3) is 5.96. The van der Waals surface area contributed by atoms with Gasteiger partial charge in [-0.1, -0.05) is 23.9 Å². The minimum atomic E-state index is -2.93. The van der Waals surface area contributed by atoms with E-state index < -0.39 is 9.84 Å². The first-order valence-corrected chi connectivity index (χ1v) is 13.0. The van der Waals surface area contributed by atoms with E-state index in [1.807, 2.05) is 24.3 Å². The molecule has 2 N–H and O–H groups in total. The van der Waals surface area contributed by atoms with Crippen molar-refractivity contribution >= 4 is 38.4 Å². The maximum Gasteiger partial charge on any atom is 0.224 e. The largest absolute Gasteiger partial charge is 0.379 e. The SMILES string of the molecule is O=C(Cc1ccc(NC2=N[C@@H]3CS(=O)(=O)C[C@@H]3S2)cc1)NCCCN1CCOCC1. The number of nitrogens with zero attached hydrogens (tertiary/aromatic N) is 2. The van der Waals surface area contributed by atoms with Gasteiger partial charge in [-0.2, -0.15) is 0 Å². The standard InChI is InChI=1S/C20H28N4O4S2/c25-19(21-6-1-7-24-8-10-28-11-9-24)12-15-2-4-16(5-3-15)22-20-23-17-13-30(26,27)14-18(17)29-20/h2-5,17-18H,1,6-14H2,(H,21,25)(H,22,23)/t17-,18+/m1/s1. The van der Waals surface area contributed by atoms with Gasteiger partial charge in [0.25, 0.3) is 0 Å². The normalized spacial score (nSPS) is 25.5. The molecule has 3 aliphatic rings. The lowest BCUT2D eigenvalue weighted by Gasteiger charge is -2.26. The van der Waals surface area contributed by atoms with Crippen LogP contribution in [0.4, 0.5) is 5.69 Å². The van der Waals surface area contributed by atoms with Crippen LogP contribution in [0.15, 0.2) is 29.3 Å². The van der Waals surface area contributed by atoms with Crippen molar-refractivity contribution in [3.63, 3.8) is 0 Å². The second kappa shape index (κ2) is 9.67. The number of morpholine rings is 1. The second-order valence-corrected chi connectivity index (χ2v) is 11.3. The molecule has 0 aliphatic carbocycles. The lowest BCUT2D eigenvalue weighted by Crippen LogP contribution is -2.38. The monoisotopic (exact) mass is 452 g/mol. The molecule has 2 atom stereocenters. The Morgan fingerprint density at radius 1 is 1.20 bits per heavy atom. The minimum absolute atomic E-state index is 0.0300. The van der Waals surface area contributed by atoms with E-state index in [0.29, 0.717) is 13.0 Å². The summed E-state index contributed by atoms with van der Waals surface area (Å²) in [6.45, 7) is 5.21. The smallest absolute Gasteiger partial charge is 0.224 e. The van der Waals surface area contributed by atoms with Gasteiger partial charge in [-0.25, -0.2) is 8.42 Å². The number of rotatable bonds is 7. The first-order valence-electron chi connectivity index (χ1n) is 10.3.